The summed E-state index contributed by atoms with van der Waals surface area (Å²) in [4.78, 5) is 12.2. The van der Waals surface area contributed by atoms with Crippen LogP contribution in [0.25, 0.3) is 22.3 Å². The van der Waals surface area contributed by atoms with Crippen LogP contribution in [-0.2, 0) is 0 Å². The molecule has 0 saturated heterocycles. The van der Waals surface area contributed by atoms with Crippen molar-refractivity contribution in [1.82, 2.24) is 0 Å². The Kier molecular flexibility index (Phi) is 7.12. The highest BCUT2D eigenvalue weighted by molar-refractivity contribution is 5.70. The zero-order valence-corrected chi connectivity index (χ0v) is 20.1. The molecule has 34 heavy (non-hydrogen) atoms. The highest BCUT2D eigenvalue weighted by atomic mass is 16.7. The molecule has 3 nitrogen and oxygen atoms in total. The molecule has 4 rings (SSSR count). The third kappa shape index (κ3) is 5.74. The summed E-state index contributed by atoms with van der Waals surface area (Å²) >= 11 is 0. The fourth-order valence-electron chi connectivity index (χ4n) is 3.77. The van der Waals surface area contributed by atoms with Gasteiger partial charge in [0.15, 0.2) is 0 Å². The number of benzene rings is 4. The number of hydrogen-bond donors (Lipinski definition) is 0. The highest BCUT2D eigenvalue weighted by Crippen LogP contribution is 2.27. The van der Waals surface area contributed by atoms with Crippen molar-refractivity contribution in [2.45, 2.75) is 39.5 Å². The maximum atomic E-state index is 12.2. The lowest BCUT2D eigenvalue weighted by molar-refractivity contribution is 0.152. The molecule has 0 aliphatic carbocycles. The van der Waals surface area contributed by atoms with E-state index in [-0.39, 0.29) is 0 Å². The molecule has 3 heteroatoms. The van der Waals surface area contributed by atoms with Crippen molar-refractivity contribution in [2.75, 3.05) is 0 Å². The SMILES string of the molecule is CC(C)c1ccc(-c2ccc(OC(=O)Oc3ccc(-c4ccc(C(C)C)cc4)cc3)cc2)cc1. The van der Waals surface area contributed by atoms with Gasteiger partial charge in [-0.3, -0.25) is 0 Å². The molecule has 4 aromatic carbocycles. The molecule has 0 atom stereocenters. The van der Waals surface area contributed by atoms with Gasteiger partial charge >= 0.3 is 6.16 Å². The minimum atomic E-state index is -0.761. The second-order valence-electron chi connectivity index (χ2n) is 9.06. The van der Waals surface area contributed by atoms with Crippen LogP contribution in [0.2, 0.25) is 0 Å². The molecule has 0 fully saturated rings. The summed E-state index contributed by atoms with van der Waals surface area (Å²) in [6, 6.07) is 31.9. The van der Waals surface area contributed by atoms with Crippen molar-refractivity contribution >= 4 is 6.16 Å². The minimum Gasteiger partial charge on any atom is -0.395 e. The monoisotopic (exact) mass is 450 g/mol. The fourth-order valence-corrected chi connectivity index (χ4v) is 3.77. The molecular formula is C31H30O3. The molecule has 0 saturated carbocycles. The predicted molar refractivity (Wildman–Crippen MR) is 139 cm³/mol. The first-order chi connectivity index (χ1) is 16.4. The first-order valence-electron chi connectivity index (χ1n) is 11.7. The molecule has 0 aliphatic rings. The van der Waals surface area contributed by atoms with Crippen molar-refractivity contribution in [2.24, 2.45) is 0 Å². The fraction of sp³-hybridized carbons (Fsp3) is 0.194. The van der Waals surface area contributed by atoms with Gasteiger partial charge in [0.1, 0.15) is 11.5 Å². The Hall–Kier alpha value is -3.85. The first kappa shape index (κ1) is 23.3. The van der Waals surface area contributed by atoms with E-state index < -0.39 is 6.16 Å². The molecule has 0 N–H and O–H groups in total. The van der Waals surface area contributed by atoms with E-state index in [2.05, 4.69) is 76.2 Å². The van der Waals surface area contributed by atoms with Gasteiger partial charge in [-0.2, -0.15) is 0 Å². The number of carbonyl (C=O) groups is 1. The van der Waals surface area contributed by atoms with Crippen LogP contribution in [0.1, 0.15) is 50.7 Å². The molecule has 0 radical (unpaired) electrons. The topological polar surface area (TPSA) is 35.5 Å². The zero-order chi connectivity index (χ0) is 24.1. The van der Waals surface area contributed by atoms with E-state index in [0.717, 1.165) is 22.3 Å². The molecule has 0 amide bonds. The number of hydrogen-bond acceptors (Lipinski definition) is 3. The van der Waals surface area contributed by atoms with Crippen LogP contribution in [0, 0.1) is 0 Å². The van der Waals surface area contributed by atoms with Gasteiger partial charge in [-0.25, -0.2) is 4.79 Å². The van der Waals surface area contributed by atoms with Crippen molar-refractivity contribution in [1.29, 1.82) is 0 Å². The average molecular weight is 451 g/mol. The van der Waals surface area contributed by atoms with E-state index in [1.807, 2.05) is 24.3 Å². The van der Waals surface area contributed by atoms with Gasteiger partial charge in [0.25, 0.3) is 0 Å². The molecular weight excluding hydrogens is 420 g/mol. The smallest absolute Gasteiger partial charge is 0.395 e. The van der Waals surface area contributed by atoms with Gasteiger partial charge in [0.05, 0.1) is 0 Å². The standard InChI is InChI=1S/C31H30O3/c1-21(2)23-5-9-25(10-6-23)27-13-17-29(18-14-27)33-31(32)34-30-19-15-28(16-20-30)26-11-7-24(8-12-26)22(3)4/h5-22H,1-4H3. The molecule has 0 unspecified atom stereocenters. The third-order valence-electron chi connectivity index (χ3n) is 5.93. The molecule has 172 valence electrons. The van der Waals surface area contributed by atoms with E-state index in [0.29, 0.717) is 23.3 Å². The van der Waals surface area contributed by atoms with Crippen LogP contribution in [0.4, 0.5) is 4.79 Å². The van der Waals surface area contributed by atoms with Crippen LogP contribution in [0.3, 0.4) is 0 Å². The second-order valence-corrected chi connectivity index (χ2v) is 9.06. The van der Waals surface area contributed by atoms with Gasteiger partial charge in [-0.15, -0.1) is 0 Å². The molecule has 0 aromatic heterocycles. The van der Waals surface area contributed by atoms with Gasteiger partial charge in [0, 0.05) is 0 Å². The Morgan fingerprint density at radius 1 is 0.471 bits per heavy atom. The largest absolute Gasteiger partial charge is 0.519 e. The zero-order valence-electron chi connectivity index (χ0n) is 20.1. The minimum absolute atomic E-state index is 0.439. The maximum Gasteiger partial charge on any atom is 0.519 e. The van der Waals surface area contributed by atoms with E-state index in [1.165, 1.54) is 11.1 Å². The maximum absolute atomic E-state index is 12.2. The van der Waals surface area contributed by atoms with E-state index >= 15 is 0 Å². The van der Waals surface area contributed by atoms with Gasteiger partial charge in [-0.1, -0.05) is 100 Å². The lowest BCUT2D eigenvalue weighted by atomic mass is 9.99. The Balaban J connectivity index is 1.35. The lowest BCUT2D eigenvalue weighted by Gasteiger charge is -2.09. The van der Waals surface area contributed by atoms with E-state index in [9.17, 15) is 4.79 Å². The van der Waals surface area contributed by atoms with Gasteiger partial charge in [-0.05, 0) is 69.5 Å². The summed E-state index contributed by atoms with van der Waals surface area (Å²) in [6.07, 6.45) is -0.761. The summed E-state index contributed by atoms with van der Waals surface area (Å²) in [7, 11) is 0. The third-order valence-corrected chi connectivity index (χ3v) is 5.93. The summed E-state index contributed by atoms with van der Waals surface area (Å²) in [5, 5.41) is 0. The summed E-state index contributed by atoms with van der Waals surface area (Å²) in [5.41, 5.74) is 6.99. The molecule has 0 aliphatic heterocycles. The Morgan fingerprint density at radius 3 is 1.00 bits per heavy atom. The molecule has 4 aromatic rings. The Bertz CT molecular complexity index is 1120. The molecule has 0 heterocycles. The van der Waals surface area contributed by atoms with Crippen LogP contribution in [0.15, 0.2) is 97.1 Å². The molecule has 0 bridgehead atoms. The van der Waals surface area contributed by atoms with Crippen molar-refractivity contribution < 1.29 is 14.3 Å². The second kappa shape index (κ2) is 10.4. The Labute approximate surface area is 202 Å². The summed E-state index contributed by atoms with van der Waals surface area (Å²) < 4.78 is 10.7. The van der Waals surface area contributed by atoms with Crippen molar-refractivity contribution in [3.05, 3.63) is 108 Å². The van der Waals surface area contributed by atoms with Crippen molar-refractivity contribution in [3.63, 3.8) is 0 Å². The number of ether oxygens (including phenoxy) is 2. The number of carbonyl (C=O) groups excluding carboxylic acids is 1. The lowest BCUT2D eigenvalue weighted by Crippen LogP contribution is -2.13. The van der Waals surface area contributed by atoms with E-state index in [1.54, 1.807) is 24.3 Å². The average Bonchev–Trinajstić information content (AvgIpc) is 2.85. The van der Waals surface area contributed by atoms with Gasteiger partial charge in [0.2, 0.25) is 0 Å². The first-order valence-corrected chi connectivity index (χ1v) is 11.7. The normalized spacial score (nSPS) is 11.0. The van der Waals surface area contributed by atoms with Crippen LogP contribution < -0.4 is 9.47 Å². The van der Waals surface area contributed by atoms with Crippen LogP contribution in [0.5, 0.6) is 11.5 Å². The number of rotatable bonds is 6. The Morgan fingerprint density at radius 2 is 0.735 bits per heavy atom. The summed E-state index contributed by atoms with van der Waals surface area (Å²) in [6.45, 7) is 8.72. The quantitative estimate of drug-likeness (QED) is 0.217. The highest BCUT2D eigenvalue weighted by Gasteiger charge is 2.09. The van der Waals surface area contributed by atoms with E-state index in [4.69, 9.17) is 9.47 Å². The van der Waals surface area contributed by atoms with Crippen LogP contribution in [-0.4, -0.2) is 6.16 Å². The predicted octanol–water partition coefficient (Wildman–Crippen LogP) is 8.85. The van der Waals surface area contributed by atoms with Gasteiger partial charge < -0.3 is 9.47 Å². The van der Waals surface area contributed by atoms with Crippen LogP contribution >= 0.6 is 0 Å². The molecule has 0 spiro atoms. The summed E-state index contributed by atoms with van der Waals surface area (Å²) in [5.74, 6) is 1.88. The van der Waals surface area contributed by atoms with Crippen molar-refractivity contribution in [3.8, 4) is 33.8 Å².